The largest absolute Gasteiger partial charge is 0.244 e. The van der Waals surface area contributed by atoms with Gasteiger partial charge in [0, 0.05) is 20.9 Å². The molecule has 0 bridgehead atoms. The summed E-state index contributed by atoms with van der Waals surface area (Å²) in [5.74, 6) is 0. The first-order valence-electron chi connectivity index (χ1n) is 5.73. The van der Waals surface area contributed by atoms with Crippen LogP contribution in [-0.2, 0) is 0 Å². The predicted molar refractivity (Wildman–Crippen MR) is 77.1 cm³/mol. The van der Waals surface area contributed by atoms with E-state index in [0.717, 1.165) is 5.69 Å². The van der Waals surface area contributed by atoms with E-state index in [1.807, 2.05) is 17.3 Å². The van der Waals surface area contributed by atoms with Gasteiger partial charge >= 0.3 is 0 Å². The Kier molecular flexibility index (Phi) is 2.28. The van der Waals surface area contributed by atoms with Gasteiger partial charge in [-0.25, -0.2) is 4.98 Å². The summed E-state index contributed by atoms with van der Waals surface area (Å²) < 4.78 is 0. The fourth-order valence-corrected chi connectivity index (χ4v) is 4.23. The first kappa shape index (κ1) is 10.4. The minimum absolute atomic E-state index is 1.12. The fourth-order valence-electron chi connectivity index (χ4n) is 2.24. The molecule has 0 N–H and O–H groups in total. The van der Waals surface area contributed by atoms with Crippen molar-refractivity contribution < 1.29 is 0 Å². The Morgan fingerprint density at radius 1 is 0.778 bits per heavy atom. The lowest BCUT2D eigenvalue weighted by molar-refractivity contribution is 1.36. The maximum atomic E-state index is 4.56. The van der Waals surface area contributed by atoms with Gasteiger partial charge in [0.1, 0.15) is 0 Å². The molecule has 2 aromatic carbocycles. The number of benzene rings is 2. The molecule has 0 radical (unpaired) electrons. The van der Waals surface area contributed by atoms with E-state index in [-0.39, 0.29) is 0 Å². The van der Waals surface area contributed by atoms with Gasteiger partial charge in [-0.2, -0.15) is 0 Å². The van der Waals surface area contributed by atoms with Gasteiger partial charge in [-0.3, -0.25) is 0 Å². The van der Waals surface area contributed by atoms with E-state index in [4.69, 9.17) is 0 Å². The summed E-state index contributed by atoms with van der Waals surface area (Å²) in [5, 5.41) is 0. The van der Waals surface area contributed by atoms with Crippen LogP contribution in [0.25, 0.3) is 21.7 Å². The van der Waals surface area contributed by atoms with Gasteiger partial charge in [0.2, 0.25) is 0 Å². The van der Waals surface area contributed by atoms with Crippen LogP contribution >= 0.6 is 23.1 Å². The highest BCUT2D eigenvalue weighted by Crippen LogP contribution is 2.48. The Morgan fingerprint density at radius 2 is 1.44 bits per heavy atom. The molecule has 1 nitrogen and oxygen atoms in total. The molecular formula is C15H9NS2. The summed E-state index contributed by atoms with van der Waals surface area (Å²) >= 11 is 3.55. The molecule has 0 aliphatic carbocycles. The van der Waals surface area contributed by atoms with Crippen LogP contribution in [-0.4, -0.2) is 4.98 Å². The van der Waals surface area contributed by atoms with Gasteiger partial charge in [-0.05, 0) is 12.1 Å². The molecule has 1 aliphatic rings. The van der Waals surface area contributed by atoms with Crippen molar-refractivity contribution in [1.82, 2.24) is 4.98 Å². The molecule has 0 amide bonds. The third-order valence-corrected chi connectivity index (χ3v) is 5.07. The minimum Gasteiger partial charge on any atom is -0.244 e. The Bertz CT molecular complexity index is 671. The topological polar surface area (TPSA) is 12.9 Å². The van der Waals surface area contributed by atoms with Gasteiger partial charge in [-0.1, -0.05) is 48.2 Å². The summed E-state index contributed by atoms with van der Waals surface area (Å²) in [4.78, 5) is 8.44. The number of aromatic nitrogens is 1. The molecule has 0 spiro atoms. The van der Waals surface area contributed by atoms with E-state index in [1.54, 1.807) is 11.3 Å². The van der Waals surface area contributed by atoms with Gasteiger partial charge < -0.3 is 0 Å². The molecule has 0 saturated carbocycles. The average molecular weight is 267 g/mol. The molecule has 18 heavy (non-hydrogen) atoms. The van der Waals surface area contributed by atoms with Crippen molar-refractivity contribution in [3.63, 3.8) is 0 Å². The van der Waals surface area contributed by atoms with E-state index < -0.39 is 0 Å². The van der Waals surface area contributed by atoms with Gasteiger partial charge in [0.05, 0.1) is 16.1 Å². The number of fused-ring (bicyclic) bond motifs is 5. The molecule has 1 aromatic heterocycles. The molecule has 0 atom stereocenters. The highest BCUT2D eigenvalue weighted by molar-refractivity contribution is 7.99. The van der Waals surface area contributed by atoms with Crippen LogP contribution < -0.4 is 0 Å². The van der Waals surface area contributed by atoms with Gasteiger partial charge in [-0.15, -0.1) is 11.3 Å². The quantitative estimate of drug-likeness (QED) is 0.447. The molecule has 4 rings (SSSR count). The molecular weight excluding hydrogens is 258 g/mol. The molecule has 3 aromatic rings. The van der Waals surface area contributed by atoms with E-state index in [1.165, 1.54) is 25.8 Å². The van der Waals surface area contributed by atoms with Crippen molar-refractivity contribution in [2.24, 2.45) is 0 Å². The molecule has 3 heteroatoms. The molecule has 1 aliphatic heterocycles. The Balaban J connectivity index is 2.12. The fraction of sp³-hybridized carbons (Fsp3) is 0. The number of thiazole rings is 1. The van der Waals surface area contributed by atoms with E-state index in [0.29, 0.717) is 0 Å². The molecule has 0 saturated heterocycles. The van der Waals surface area contributed by atoms with E-state index >= 15 is 0 Å². The first-order chi connectivity index (χ1) is 8.93. The number of hydrogen-bond donors (Lipinski definition) is 0. The third kappa shape index (κ3) is 1.44. The smallest absolute Gasteiger partial charge is 0.0902 e. The van der Waals surface area contributed by atoms with E-state index in [2.05, 4.69) is 53.5 Å². The minimum atomic E-state index is 1.12. The first-order valence-corrected chi connectivity index (χ1v) is 7.43. The summed E-state index contributed by atoms with van der Waals surface area (Å²) in [7, 11) is 0. The molecule has 0 fully saturated rings. The zero-order valence-corrected chi connectivity index (χ0v) is 11.1. The summed E-state index contributed by atoms with van der Waals surface area (Å²) in [6, 6.07) is 17.1. The Morgan fingerprint density at radius 3 is 2.28 bits per heavy atom. The van der Waals surface area contributed by atoms with Crippen LogP contribution in [0.2, 0.25) is 0 Å². The molecule has 2 heterocycles. The molecule has 0 unspecified atom stereocenters. The zero-order valence-electron chi connectivity index (χ0n) is 9.46. The second-order valence-corrected chi connectivity index (χ2v) is 6.06. The molecule has 86 valence electrons. The van der Waals surface area contributed by atoms with Crippen molar-refractivity contribution in [2.75, 3.05) is 0 Å². The van der Waals surface area contributed by atoms with Crippen LogP contribution in [0.1, 0.15) is 0 Å². The predicted octanol–water partition coefficient (Wildman–Crippen LogP) is 4.94. The summed E-state index contributed by atoms with van der Waals surface area (Å²) in [6.07, 6.45) is 0. The van der Waals surface area contributed by atoms with Crippen LogP contribution in [0.4, 0.5) is 0 Å². The van der Waals surface area contributed by atoms with Crippen LogP contribution in [0.5, 0.6) is 0 Å². The lowest BCUT2D eigenvalue weighted by Crippen LogP contribution is -1.80. The zero-order chi connectivity index (χ0) is 11.9. The third-order valence-electron chi connectivity index (χ3n) is 3.06. The van der Waals surface area contributed by atoms with Crippen molar-refractivity contribution in [1.29, 1.82) is 0 Å². The second-order valence-electron chi connectivity index (χ2n) is 4.12. The van der Waals surface area contributed by atoms with Gasteiger partial charge in [0.25, 0.3) is 0 Å². The summed E-state index contributed by atoms with van der Waals surface area (Å²) in [6.45, 7) is 0. The van der Waals surface area contributed by atoms with Crippen molar-refractivity contribution in [3.05, 3.63) is 54.0 Å². The standard InChI is InChI=1S/C15H9NS2/c1-3-7-12-10(5-1)14-15(17-9-16-14)11-6-2-4-8-13(11)18-12/h1-9H. The van der Waals surface area contributed by atoms with Crippen molar-refractivity contribution >= 4 is 23.1 Å². The lowest BCUT2D eigenvalue weighted by atomic mass is 10.1. The van der Waals surface area contributed by atoms with Crippen LogP contribution in [0.15, 0.2) is 63.8 Å². The maximum absolute atomic E-state index is 4.56. The van der Waals surface area contributed by atoms with Gasteiger partial charge in [0.15, 0.2) is 0 Å². The van der Waals surface area contributed by atoms with E-state index in [9.17, 15) is 0 Å². The normalized spacial score (nSPS) is 12.2. The Labute approximate surface area is 114 Å². The maximum Gasteiger partial charge on any atom is 0.0902 e. The Hall–Kier alpha value is -1.58. The van der Waals surface area contributed by atoms with Crippen LogP contribution in [0.3, 0.4) is 0 Å². The SMILES string of the molecule is c1ccc2c(c1)Sc1ccccc1-c1scnc1-2. The lowest BCUT2D eigenvalue weighted by Gasteiger charge is -2.04. The number of nitrogens with zero attached hydrogens (tertiary/aromatic N) is 1. The average Bonchev–Trinajstić information content (AvgIpc) is 2.84. The van der Waals surface area contributed by atoms with Crippen molar-refractivity contribution in [3.8, 4) is 21.7 Å². The number of hydrogen-bond acceptors (Lipinski definition) is 3. The monoisotopic (exact) mass is 267 g/mol. The number of rotatable bonds is 0. The highest BCUT2D eigenvalue weighted by Gasteiger charge is 2.21. The highest BCUT2D eigenvalue weighted by atomic mass is 32.2. The second kappa shape index (κ2) is 3.97. The van der Waals surface area contributed by atoms with Crippen LogP contribution in [0, 0.1) is 0 Å². The van der Waals surface area contributed by atoms with Crippen molar-refractivity contribution in [2.45, 2.75) is 9.79 Å². The summed E-state index contributed by atoms with van der Waals surface area (Å²) in [5.41, 5.74) is 5.60.